The van der Waals surface area contributed by atoms with Gasteiger partial charge in [-0.15, -0.1) is 0 Å². The van der Waals surface area contributed by atoms with Gasteiger partial charge in [0.2, 0.25) is 0 Å². The summed E-state index contributed by atoms with van der Waals surface area (Å²) in [6.07, 6.45) is 7.65. The number of hydrogen-bond acceptors (Lipinski definition) is 10. The van der Waals surface area contributed by atoms with E-state index in [1.165, 1.54) is 6.42 Å². The van der Waals surface area contributed by atoms with Crippen LogP contribution in [0.5, 0.6) is 17.2 Å². The summed E-state index contributed by atoms with van der Waals surface area (Å²) < 4.78 is 32.2. The van der Waals surface area contributed by atoms with Crippen molar-refractivity contribution in [2.45, 2.75) is 63.9 Å². The van der Waals surface area contributed by atoms with Crippen LogP contribution < -0.4 is 14.2 Å². The molecule has 2 aromatic rings. The van der Waals surface area contributed by atoms with Crippen molar-refractivity contribution in [1.82, 2.24) is 0 Å². The molecule has 1 aliphatic rings. The van der Waals surface area contributed by atoms with Gasteiger partial charge in [-0.2, -0.15) is 0 Å². The molecule has 10 heteroatoms. The van der Waals surface area contributed by atoms with Crippen molar-refractivity contribution in [2.24, 2.45) is 0 Å². The molecule has 0 amide bonds. The van der Waals surface area contributed by atoms with Gasteiger partial charge in [0.25, 0.3) is 0 Å². The first-order valence-electron chi connectivity index (χ1n) is 14.9. The van der Waals surface area contributed by atoms with Gasteiger partial charge in [-0.1, -0.05) is 19.6 Å². The number of carbonyl (C=O) groups is 4. The van der Waals surface area contributed by atoms with E-state index in [1.54, 1.807) is 48.5 Å². The van der Waals surface area contributed by atoms with Gasteiger partial charge >= 0.3 is 23.9 Å². The zero-order valence-corrected chi connectivity index (χ0v) is 25.0. The molecule has 0 atom stereocenters. The number of unbranched alkanes of at least 4 members (excludes halogenated alkanes) is 1. The van der Waals surface area contributed by atoms with Crippen LogP contribution in [-0.2, 0) is 28.6 Å². The molecule has 0 aliphatic heterocycles. The van der Waals surface area contributed by atoms with E-state index < -0.39 is 23.9 Å². The monoisotopic (exact) mass is 608 g/mol. The van der Waals surface area contributed by atoms with Gasteiger partial charge in [0.15, 0.2) is 0 Å². The van der Waals surface area contributed by atoms with Crippen LogP contribution in [0.15, 0.2) is 73.3 Å². The molecule has 0 saturated heterocycles. The summed E-state index contributed by atoms with van der Waals surface area (Å²) in [7, 11) is 0. The molecule has 0 aromatic heterocycles. The van der Waals surface area contributed by atoms with Crippen molar-refractivity contribution in [3.63, 3.8) is 0 Å². The highest BCUT2D eigenvalue weighted by Crippen LogP contribution is 2.22. The first kappa shape index (κ1) is 33.9. The minimum Gasteiger partial charge on any atom is -0.494 e. The third-order valence-electron chi connectivity index (χ3n) is 6.63. The average molecular weight is 609 g/mol. The Bertz CT molecular complexity index is 1240. The van der Waals surface area contributed by atoms with E-state index in [-0.39, 0.29) is 31.3 Å². The van der Waals surface area contributed by atoms with Crippen LogP contribution in [0, 0.1) is 0 Å². The summed E-state index contributed by atoms with van der Waals surface area (Å²) in [5.74, 6) is -0.474. The highest BCUT2D eigenvalue weighted by molar-refractivity contribution is 5.93. The highest BCUT2D eigenvalue weighted by atomic mass is 16.6. The topological polar surface area (TPSA) is 124 Å². The minimum atomic E-state index is -0.596. The van der Waals surface area contributed by atoms with Gasteiger partial charge < -0.3 is 28.4 Å². The van der Waals surface area contributed by atoms with Crippen LogP contribution in [0.4, 0.5) is 0 Å². The normalized spacial score (nSPS) is 12.8. The second kappa shape index (κ2) is 18.8. The average Bonchev–Trinajstić information content (AvgIpc) is 3.03. The van der Waals surface area contributed by atoms with Crippen molar-refractivity contribution in [1.29, 1.82) is 0 Å². The number of esters is 4. The van der Waals surface area contributed by atoms with Gasteiger partial charge in [-0.3, -0.25) is 4.79 Å². The molecule has 0 N–H and O–H groups in total. The highest BCUT2D eigenvalue weighted by Gasteiger charge is 2.20. The summed E-state index contributed by atoms with van der Waals surface area (Å²) >= 11 is 0. The fraction of sp³-hybridized carbons (Fsp3) is 0.412. The Morgan fingerprint density at radius 1 is 0.727 bits per heavy atom. The second-order valence-corrected chi connectivity index (χ2v) is 10.2. The van der Waals surface area contributed by atoms with E-state index in [9.17, 15) is 19.2 Å². The fourth-order valence-electron chi connectivity index (χ4n) is 4.26. The first-order valence-corrected chi connectivity index (χ1v) is 14.9. The number of ether oxygens (including phenoxy) is 6. The SMILES string of the molecule is C=CC(=O)OCCCOc1ccc(C(=O)Oc2ccc(OCCCCOC(=O)C(=C)CC(=O)OC3CCCCC3)cc2)cc1. The standard InChI is InChI=1S/C34H40O10/c1-3-31(35)41-23-9-22-40-27-14-12-26(13-15-27)34(38)44-30-18-16-28(17-19-30)39-20-7-8-21-42-33(37)25(2)24-32(36)43-29-10-5-4-6-11-29/h3,12-19,29H,1-2,4-11,20-24H2. The van der Waals surface area contributed by atoms with Gasteiger partial charge in [0.1, 0.15) is 23.4 Å². The maximum atomic E-state index is 12.5. The third kappa shape index (κ3) is 12.7. The zero-order chi connectivity index (χ0) is 31.6. The summed E-state index contributed by atoms with van der Waals surface area (Å²) in [6.45, 7) is 8.16. The maximum Gasteiger partial charge on any atom is 0.343 e. The third-order valence-corrected chi connectivity index (χ3v) is 6.63. The Morgan fingerprint density at radius 3 is 1.95 bits per heavy atom. The Morgan fingerprint density at radius 2 is 1.30 bits per heavy atom. The molecular weight excluding hydrogens is 568 g/mol. The van der Waals surface area contributed by atoms with E-state index in [4.69, 9.17) is 28.4 Å². The van der Waals surface area contributed by atoms with E-state index in [0.29, 0.717) is 55.3 Å². The molecule has 1 aliphatic carbocycles. The van der Waals surface area contributed by atoms with Crippen LogP contribution >= 0.6 is 0 Å². The first-order chi connectivity index (χ1) is 21.3. The fourth-order valence-corrected chi connectivity index (χ4v) is 4.26. The summed E-state index contributed by atoms with van der Waals surface area (Å²) in [5, 5.41) is 0. The number of carbonyl (C=O) groups excluding carboxylic acids is 4. The largest absolute Gasteiger partial charge is 0.494 e. The van der Waals surface area contributed by atoms with Crippen molar-refractivity contribution < 1.29 is 47.6 Å². The quantitative estimate of drug-likeness (QED) is 0.0661. The Kier molecular flexibility index (Phi) is 14.5. The smallest absolute Gasteiger partial charge is 0.343 e. The summed E-state index contributed by atoms with van der Waals surface area (Å²) in [5.41, 5.74) is 0.451. The second-order valence-electron chi connectivity index (χ2n) is 10.2. The minimum absolute atomic E-state index is 0.0581. The molecule has 10 nitrogen and oxygen atoms in total. The lowest BCUT2D eigenvalue weighted by Crippen LogP contribution is -2.22. The maximum absolute atomic E-state index is 12.5. The lowest BCUT2D eigenvalue weighted by Gasteiger charge is -2.21. The molecule has 0 heterocycles. The number of benzene rings is 2. The predicted octanol–water partition coefficient (Wildman–Crippen LogP) is 5.93. The van der Waals surface area contributed by atoms with Gasteiger partial charge in [-0.05, 0) is 87.1 Å². The van der Waals surface area contributed by atoms with E-state index in [2.05, 4.69) is 13.2 Å². The van der Waals surface area contributed by atoms with Crippen molar-refractivity contribution in [2.75, 3.05) is 26.4 Å². The molecule has 2 aromatic carbocycles. The van der Waals surface area contributed by atoms with Crippen LogP contribution in [0.3, 0.4) is 0 Å². The summed E-state index contributed by atoms with van der Waals surface area (Å²) in [4.78, 5) is 47.6. The number of hydrogen-bond donors (Lipinski definition) is 0. The molecule has 1 saturated carbocycles. The molecule has 0 spiro atoms. The van der Waals surface area contributed by atoms with E-state index >= 15 is 0 Å². The lowest BCUT2D eigenvalue weighted by molar-refractivity contribution is -0.151. The predicted molar refractivity (Wildman–Crippen MR) is 162 cm³/mol. The van der Waals surface area contributed by atoms with Gasteiger partial charge in [-0.25, -0.2) is 14.4 Å². The van der Waals surface area contributed by atoms with E-state index in [0.717, 1.165) is 31.8 Å². The van der Waals surface area contributed by atoms with Crippen LogP contribution in [0.25, 0.3) is 0 Å². The van der Waals surface area contributed by atoms with Crippen molar-refractivity contribution >= 4 is 23.9 Å². The summed E-state index contributed by atoms with van der Waals surface area (Å²) in [6, 6.07) is 13.2. The molecule has 236 valence electrons. The molecule has 44 heavy (non-hydrogen) atoms. The lowest BCUT2D eigenvalue weighted by atomic mass is 9.98. The Labute approximate surface area is 257 Å². The zero-order valence-electron chi connectivity index (χ0n) is 25.0. The number of rotatable bonds is 18. The van der Waals surface area contributed by atoms with Crippen LogP contribution in [0.1, 0.15) is 68.1 Å². The molecule has 0 bridgehead atoms. The van der Waals surface area contributed by atoms with Crippen molar-refractivity contribution in [3.05, 3.63) is 78.9 Å². The molecule has 3 rings (SSSR count). The molecule has 0 unspecified atom stereocenters. The van der Waals surface area contributed by atoms with Crippen molar-refractivity contribution in [3.8, 4) is 17.2 Å². The van der Waals surface area contributed by atoms with E-state index in [1.807, 2.05) is 0 Å². The molecular formula is C34H40O10. The van der Waals surface area contributed by atoms with Gasteiger partial charge in [0, 0.05) is 18.1 Å². The molecule has 0 radical (unpaired) electrons. The van der Waals surface area contributed by atoms with Crippen LogP contribution in [0.2, 0.25) is 0 Å². The van der Waals surface area contributed by atoms with Gasteiger partial charge in [0.05, 0.1) is 38.4 Å². The Balaban J connectivity index is 1.26. The van der Waals surface area contributed by atoms with Crippen LogP contribution in [-0.4, -0.2) is 56.4 Å². The molecule has 1 fully saturated rings. The Hall–Kier alpha value is -4.60.